The molecule has 0 saturated heterocycles. The number of carbonyl (C=O) groups excluding carboxylic acids is 2. The highest BCUT2D eigenvalue weighted by Crippen LogP contribution is 2.34. The third kappa shape index (κ3) is 3.40. The predicted octanol–water partition coefficient (Wildman–Crippen LogP) is 4.15. The minimum atomic E-state index is -0.800. The van der Waals surface area contributed by atoms with Crippen molar-refractivity contribution < 1.29 is 18.7 Å². The zero-order chi connectivity index (χ0) is 17.9. The molecule has 5 nitrogen and oxygen atoms in total. The quantitative estimate of drug-likeness (QED) is 0.824. The standard InChI is InChI=1S/C16H12ClFN2O3S/c1-3-23-16(22)13-8(2)9(7-19)15(24-13)20-14(21)12-10(17)5-4-6-11(12)18/h4-6H,3H2,1-2H3,(H,20,21). The number of halogens is 2. The fourth-order valence-corrected chi connectivity index (χ4v) is 3.30. The van der Waals surface area contributed by atoms with E-state index in [-0.39, 0.29) is 32.6 Å². The summed E-state index contributed by atoms with van der Waals surface area (Å²) in [6, 6.07) is 5.80. The molecule has 0 unspecified atom stereocenters. The maximum Gasteiger partial charge on any atom is 0.348 e. The fourth-order valence-electron chi connectivity index (χ4n) is 2.01. The highest BCUT2D eigenvalue weighted by atomic mass is 35.5. The molecule has 0 fully saturated rings. The summed E-state index contributed by atoms with van der Waals surface area (Å²) < 4.78 is 18.7. The number of carbonyl (C=O) groups is 2. The summed E-state index contributed by atoms with van der Waals surface area (Å²) in [6.07, 6.45) is 0. The lowest BCUT2D eigenvalue weighted by Crippen LogP contribution is -2.14. The van der Waals surface area contributed by atoms with Gasteiger partial charge < -0.3 is 10.1 Å². The molecule has 2 aromatic rings. The van der Waals surface area contributed by atoms with Crippen molar-refractivity contribution in [2.24, 2.45) is 0 Å². The molecule has 1 aromatic carbocycles. The molecule has 0 atom stereocenters. The van der Waals surface area contributed by atoms with Crippen LogP contribution in [0.1, 0.15) is 38.1 Å². The van der Waals surface area contributed by atoms with E-state index in [2.05, 4.69) is 5.32 Å². The van der Waals surface area contributed by atoms with Gasteiger partial charge in [-0.25, -0.2) is 9.18 Å². The summed E-state index contributed by atoms with van der Waals surface area (Å²) in [5, 5.41) is 11.8. The molecule has 124 valence electrons. The Morgan fingerprint density at radius 3 is 2.75 bits per heavy atom. The van der Waals surface area contributed by atoms with Crippen LogP contribution in [-0.4, -0.2) is 18.5 Å². The molecule has 0 saturated carbocycles. The summed E-state index contributed by atoms with van der Waals surface area (Å²) in [5.74, 6) is -2.16. The molecule has 0 aliphatic carbocycles. The van der Waals surface area contributed by atoms with Crippen molar-refractivity contribution in [3.8, 4) is 6.07 Å². The van der Waals surface area contributed by atoms with Gasteiger partial charge in [0.2, 0.25) is 0 Å². The molecule has 0 radical (unpaired) electrons. The molecule has 1 heterocycles. The molecule has 1 N–H and O–H groups in total. The van der Waals surface area contributed by atoms with Crippen LogP contribution in [0.5, 0.6) is 0 Å². The van der Waals surface area contributed by atoms with Gasteiger partial charge in [-0.05, 0) is 31.5 Å². The van der Waals surface area contributed by atoms with E-state index in [1.54, 1.807) is 13.8 Å². The van der Waals surface area contributed by atoms with Crippen LogP contribution in [0, 0.1) is 24.1 Å². The molecule has 0 aliphatic heterocycles. The first-order valence-electron chi connectivity index (χ1n) is 6.86. The molecule has 1 amide bonds. The van der Waals surface area contributed by atoms with Crippen LogP contribution >= 0.6 is 22.9 Å². The topological polar surface area (TPSA) is 79.2 Å². The lowest BCUT2D eigenvalue weighted by molar-refractivity contribution is 0.0531. The molecule has 0 spiro atoms. The van der Waals surface area contributed by atoms with E-state index in [0.717, 1.165) is 17.4 Å². The summed E-state index contributed by atoms with van der Waals surface area (Å²) in [4.78, 5) is 24.4. The highest BCUT2D eigenvalue weighted by Gasteiger charge is 2.24. The lowest BCUT2D eigenvalue weighted by atomic mass is 10.1. The van der Waals surface area contributed by atoms with E-state index < -0.39 is 17.7 Å². The fraction of sp³-hybridized carbons (Fsp3) is 0.188. The van der Waals surface area contributed by atoms with Gasteiger partial charge in [0.25, 0.3) is 5.91 Å². The number of rotatable bonds is 4. The van der Waals surface area contributed by atoms with Gasteiger partial charge in [-0.2, -0.15) is 5.26 Å². The number of amides is 1. The first-order chi connectivity index (χ1) is 11.4. The molecule has 0 bridgehead atoms. The summed E-state index contributed by atoms with van der Waals surface area (Å²) in [6.45, 7) is 3.42. The number of thiophene rings is 1. The normalized spacial score (nSPS) is 10.1. The van der Waals surface area contributed by atoms with Gasteiger partial charge in [0.15, 0.2) is 0 Å². The van der Waals surface area contributed by atoms with E-state index in [4.69, 9.17) is 16.3 Å². The summed E-state index contributed by atoms with van der Waals surface area (Å²) >= 11 is 6.75. The van der Waals surface area contributed by atoms with Crippen LogP contribution in [0.3, 0.4) is 0 Å². The van der Waals surface area contributed by atoms with Crippen LogP contribution in [0.25, 0.3) is 0 Å². The number of esters is 1. The number of anilines is 1. The molecule has 1 aromatic heterocycles. The van der Waals surface area contributed by atoms with Gasteiger partial charge in [-0.1, -0.05) is 17.7 Å². The van der Waals surface area contributed by atoms with Crippen LogP contribution in [-0.2, 0) is 4.74 Å². The minimum absolute atomic E-state index is 0.0510. The number of hydrogen-bond donors (Lipinski definition) is 1. The van der Waals surface area contributed by atoms with Gasteiger partial charge in [0.05, 0.1) is 22.8 Å². The largest absolute Gasteiger partial charge is 0.462 e. The second kappa shape index (κ2) is 7.43. The van der Waals surface area contributed by atoms with Crippen molar-refractivity contribution in [3.05, 3.63) is 50.6 Å². The van der Waals surface area contributed by atoms with Crippen molar-refractivity contribution in [2.75, 3.05) is 11.9 Å². The first kappa shape index (κ1) is 17.9. The molecular weight excluding hydrogens is 355 g/mol. The Labute approximate surface area is 146 Å². The number of nitrogens with one attached hydrogen (secondary N) is 1. The maximum absolute atomic E-state index is 13.8. The van der Waals surface area contributed by atoms with Crippen molar-refractivity contribution >= 4 is 39.8 Å². The van der Waals surface area contributed by atoms with Crippen LogP contribution in [0.15, 0.2) is 18.2 Å². The Hall–Kier alpha value is -2.43. The summed E-state index contributed by atoms with van der Waals surface area (Å²) in [7, 11) is 0. The summed E-state index contributed by atoms with van der Waals surface area (Å²) in [5.41, 5.74) is 0.200. The Kier molecular flexibility index (Phi) is 5.54. The van der Waals surface area contributed by atoms with E-state index in [0.29, 0.717) is 5.56 Å². The Morgan fingerprint density at radius 1 is 1.46 bits per heavy atom. The van der Waals surface area contributed by atoms with Crippen molar-refractivity contribution in [1.29, 1.82) is 5.26 Å². The average Bonchev–Trinajstić information content (AvgIpc) is 2.83. The molecule has 0 aliphatic rings. The van der Waals surface area contributed by atoms with Crippen molar-refractivity contribution in [2.45, 2.75) is 13.8 Å². The van der Waals surface area contributed by atoms with E-state index in [1.165, 1.54) is 12.1 Å². The molecule has 8 heteroatoms. The Balaban J connectivity index is 2.40. The average molecular weight is 367 g/mol. The number of benzene rings is 1. The van der Waals surface area contributed by atoms with Gasteiger partial charge in [-0.15, -0.1) is 11.3 Å². The van der Waals surface area contributed by atoms with E-state index in [9.17, 15) is 19.2 Å². The lowest BCUT2D eigenvalue weighted by Gasteiger charge is -2.06. The third-order valence-corrected chi connectivity index (χ3v) is 4.64. The molecule has 24 heavy (non-hydrogen) atoms. The zero-order valence-corrected chi connectivity index (χ0v) is 14.3. The number of nitriles is 1. The van der Waals surface area contributed by atoms with Crippen LogP contribution in [0.2, 0.25) is 5.02 Å². The zero-order valence-electron chi connectivity index (χ0n) is 12.8. The first-order valence-corrected chi connectivity index (χ1v) is 8.06. The van der Waals surface area contributed by atoms with Crippen molar-refractivity contribution in [1.82, 2.24) is 0 Å². The SMILES string of the molecule is CCOC(=O)c1sc(NC(=O)c2c(F)cccc2Cl)c(C#N)c1C. The Morgan fingerprint density at radius 2 is 2.17 bits per heavy atom. The molecule has 2 rings (SSSR count). The highest BCUT2D eigenvalue weighted by molar-refractivity contribution is 7.18. The van der Waals surface area contributed by atoms with Gasteiger partial charge in [0, 0.05) is 0 Å². The monoisotopic (exact) mass is 366 g/mol. The predicted molar refractivity (Wildman–Crippen MR) is 89.1 cm³/mol. The van der Waals surface area contributed by atoms with Crippen LogP contribution < -0.4 is 5.32 Å². The van der Waals surface area contributed by atoms with Crippen LogP contribution in [0.4, 0.5) is 9.39 Å². The maximum atomic E-state index is 13.8. The van der Waals surface area contributed by atoms with E-state index in [1.807, 2.05) is 6.07 Å². The second-order valence-corrected chi connectivity index (χ2v) is 6.07. The van der Waals surface area contributed by atoms with Gasteiger partial charge in [-0.3, -0.25) is 4.79 Å². The Bertz CT molecular complexity index is 837. The van der Waals surface area contributed by atoms with E-state index >= 15 is 0 Å². The van der Waals surface area contributed by atoms with Gasteiger partial charge in [0.1, 0.15) is 21.8 Å². The van der Waals surface area contributed by atoms with Gasteiger partial charge >= 0.3 is 5.97 Å². The molecular formula is C16H12ClFN2O3S. The second-order valence-electron chi connectivity index (χ2n) is 4.64. The smallest absolute Gasteiger partial charge is 0.348 e. The van der Waals surface area contributed by atoms with Crippen molar-refractivity contribution in [3.63, 3.8) is 0 Å². The number of ether oxygens (including phenoxy) is 1. The minimum Gasteiger partial charge on any atom is -0.462 e. The number of hydrogen-bond acceptors (Lipinski definition) is 5. The number of nitrogens with zero attached hydrogens (tertiary/aromatic N) is 1. The third-order valence-electron chi connectivity index (χ3n) is 3.14.